The lowest BCUT2D eigenvalue weighted by molar-refractivity contribution is -0.142. The van der Waals surface area contributed by atoms with Crippen LogP contribution in [-0.2, 0) is 22.6 Å². The van der Waals surface area contributed by atoms with Crippen molar-refractivity contribution in [3.05, 3.63) is 97.9 Å². The van der Waals surface area contributed by atoms with Crippen LogP contribution in [0.3, 0.4) is 0 Å². The molecule has 35 heavy (non-hydrogen) atoms. The molecule has 184 valence electrons. The van der Waals surface area contributed by atoms with Crippen LogP contribution in [0.2, 0.25) is 20.1 Å². The molecule has 5 nitrogen and oxygen atoms in total. The van der Waals surface area contributed by atoms with E-state index in [0.29, 0.717) is 33.8 Å². The molecule has 2 amide bonds. The summed E-state index contributed by atoms with van der Waals surface area (Å²) < 4.78 is 5.69. The summed E-state index contributed by atoms with van der Waals surface area (Å²) >= 11 is 24.4. The largest absolute Gasteiger partial charge is 0.482 e. The van der Waals surface area contributed by atoms with Crippen molar-refractivity contribution >= 4 is 58.2 Å². The van der Waals surface area contributed by atoms with Crippen LogP contribution in [0.4, 0.5) is 0 Å². The van der Waals surface area contributed by atoms with Gasteiger partial charge < -0.3 is 15.0 Å². The molecule has 9 heteroatoms. The smallest absolute Gasteiger partial charge is 0.261 e. The van der Waals surface area contributed by atoms with Gasteiger partial charge in [0, 0.05) is 24.5 Å². The van der Waals surface area contributed by atoms with Crippen LogP contribution in [0, 0.1) is 0 Å². The van der Waals surface area contributed by atoms with Crippen molar-refractivity contribution in [1.29, 1.82) is 0 Å². The van der Waals surface area contributed by atoms with Crippen molar-refractivity contribution < 1.29 is 14.3 Å². The van der Waals surface area contributed by atoms with Gasteiger partial charge >= 0.3 is 0 Å². The van der Waals surface area contributed by atoms with Crippen LogP contribution in [-0.4, -0.2) is 35.9 Å². The second-order valence-corrected chi connectivity index (χ2v) is 9.39. The molecule has 1 N–H and O–H groups in total. The summed E-state index contributed by atoms with van der Waals surface area (Å²) in [5.41, 5.74) is 1.64. The third-order valence-corrected chi connectivity index (χ3v) is 6.47. The van der Waals surface area contributed by atoms with Crippen molar-refractivity contribution in [1.82, 2.24) is 10.2 Å². The maximum Gasteiger partial charge on any atom is 0.261 e. The number of likely N-dealkylation sites (N-methyl/N-ethyl adjacent to an activating group) is 1. The first-order chi connectivity index (χ1) is 16.8. The predicted molar refractivity (Wildman–Crippen MR) is 142 cm³/mol. The van der Waals surface area contributed by atoms with Crippen LogP contribution < -0.4 is 10.1 Å². The molecule has 0 fully saturated rings. The highest BCUT2D eigenvalue weighted by atomic mass is 35.5. The molecule has 0 bridgehead atoms. The third kappa shape index (κ3) is 7.77. The molecule has 3 aromatic carbocycles. The number of benzene rings is 3. The predicted octanol–water partition coefficient (Wildman–Crippen LogP) is 6.46. The minimum atomic E-state index is -0.788. The maximum absolute atomic E-state index is 13.5. The van der Waals surface area contributed by atoms with E-state index in [1.165, 1.54) is 11.0 Å². The van der Waals surface area contributed by atoms with E-state index in [9.17, 15) is 9.59 Å². The summed E-state index contributed by atoms with van der Waals surface area (Å²) in [4.78, 5) is 28.1. The molecule has 3 rings (SSSR count). The zero-order valence-electron chi connectivity index (χ0n) is 18.9. The normalized spacial score (nSPS) is 11.6. The van der Waals surface area contributed by atoms with Crippen molar-refractivity contribution in [2.75, 3.05) is 13.2 Å². The molecule has 0 aliphatic carbocycles. The molecular weight excluding hydrogens is 530 g/mol. The Morgan fingerprint density at radius 3 is 2.29 bits per heavy atom. The maximum atomic E-state index is 13.5. The molecule has 0 spiro atoms. The Kier molecular flexibility index (Phi) is 10.1. The summed E-state index contributed by atoms with van der Waals surface area (Å²) in [6.07, 6.45) is 0.321. The van der Waals surface area contributed by atoms with Crippen LogP contribution in [0.1, 0.15) is 18.1 Å². The molecule has 0 saturated carbocycles. The van der Waals surface area contributed by atoms with Gasteiger partial charge in [-0.05, 0) is 48.4 Å². The Balaban J connectivity index is 1.92. The van der Waals surface area contributed by atoms with Gasteiger partial charge in [-0.3, -0.25) is 9.59 Å². The van der Waals surface area contributed by atoms with Crippen LogP contribution in [0.15, 0.2) is 66.7 Å². The van der Waals surface area contributed by atoms with Crippen molar-refractivity contribution in [3.63, 3.8) is 0 Å². The molecule has 0 unspecified atom stereocenters. The summed E-state index contributed by atoms with van der Waals surface area (Å²) in [5.74, 6) is -0.347. The van der Waals surface area contributed by atoms with Gasteiger partial charge in [-0.2, -0.15) is 0 Å². The van der Waals surface area contributed by atoms with Gasteiger partial charge in [0.05, 0.1) is 15.1 Å². The number of halogens is 4. The zero-order chi connectivity index (χ0) is 25.4. The zero-order valence-corrected chi connectivity index (χ0v) is 22.0. The number of hydrogen-bond donors (Lipinski definition) is 1. The van der Waals surface area contributed by atoms with E-state index in [4.69, 9.17) is 51.1 Å². The number of ether oxygens (including phenoxy) is 1. The lowest BCUT2D eigenvalue weighted by atomic mass is 10.0. The second kappa shape index (κ2) is 13.0. The number of hydrogen-bond acceptors (Lipinski definition) is 3. The molecule has 1 atom stereocenters. The van der Waals surface area contributed by atoms with Gasteiger partial charge in [-0.1, -0.05) is 82.8 Å². The number of rotatable bonds is 10. The highest BCUT2D eigenvalue weighted by Gasteiger charge is 2.30. The number of nitrogens with one attached hydrogen (secondary N) is 1. The summed E-state index contributed by atoms with van der Waals surface area (Å²) in [7, 11) is 0. The lowest BCUT2D eigenvalue weighted by Gasteiger charge is -2.31. The topological polar surface area (TPSA) is 58.6 Å². The first kappa shape index (κ1) is 27.2. The molecule has 0 heterocycles. The lowest BCUT2D eigenvalue weighted by Crippen LogP contribution is -2.51. The molecule has 0 aromatic heterocycles. The highest BCUT2D eigenvalue weighted by molar-refractivity contribution is 6.42. The van der Waals surface area contributed by atoms with E-state index >= 15 is 0 Å². The quantitative estimate of drug-likeness (QED) is 0.313. The van der Waals surface area contributed by atoms with E-state index in [-0.39, 0.29) is 24.1 Å². The van der Waals surface area contributed by atoms with Crippen molar-refractivity contribution in [2.24, 2.45) is 0 Å². The van der Waals surface area contributed by atoms with E-state index in [1.807, 2.05) is 37.3 Å². The average Bonchev–Trinajstić information content (AvgIpc) is 2.83. The molecule has 0 aliphatic heterocycles. The first-order valence-electron chi connectivity index (χ1n) is 10.9. The first-order valence-corrected chi connectivity index (χ1v) is 12.4. The van der Waals surface area contributed by atoms with Gasteiger partial charge in [-0.15, -0.1) is 0 Å². The Labute approximate surface area is 224 Å². The van der Waals surface area contributed by atoms with Crippen molar-refractivity contribution in [2.45, 2.75) is 25.9 Å². The fraction of sp³-hybridized carbons (Fsp3) is 0.231. The third-order valence-electron chi connectivity index (χ3n) is 5.20. The van der Waals surface area contributed by atoms with Crippen LogP contribution in [0.5, 0.6) is 5.75 Å². The summed E-state index contributed by atoms with van der Waals surface area (Å²) in [6.45, 7) is 2.06. The molecule has 0 aliphatic rings. The number of carbonyl (C=O) groups excluding carboxylic acids is 2. The second-order valence-electron chi connectivity index (χ2n) is 7.73. The number of nitrogens with zero attached hydrogens (tertiary/aromatic N) is 1. The molecular formula is C26H24Cl4N2O3. The van der Waals surface area contributed by atoms with E-state index in [2.05, 4.69) is 5.32 Å². The molecule has 0 saturated heterocycles. The standard InChI is InChI=1S/C26H24Cl4N2O3/c1-2-31-26(34)23(13-17-6-4-3-5-7-17)32(15-18-8-10-20(28)21(29)12-18)25(33)16-35-24-11-9-19(27)14-22(24)30/h3-12,14,23H,2,13,15-16H2,1H3,(H,31,34)/t23-/m1/s1. The molecule has 3 aromatic rings. The van der Waals surface area contributed by atoms with Gasteiger partial charge in [0.25, 0.3) is 5.91 Å². The van der Waals surface area contributed by atoms with E-state index in [0.717, 1.165) is 11.1 Å². The fourth-order valence-electron chi connectivity index (χ4n) is 3.50. The Morgan fingerprint density at radius 1 is 0.886 bits per heavy atom. The monoisotopic (exact) mass is 552 g/mol. The van der Waals surface area contributed by atoms with Gasteiger partial charge in [-0.25, -0.2) is 0 Å². The van der Waals surface area contributed by atoms with Crippen LogP contribution in [0.25, 0.3) is 0 Å². The van der Waals surface area contributed by atoms with E-state index in [1.54, 1.807) is 30.3 Å². The van der Waals surface area contributed by atoms with Crippen LogP contribution >= 0.6 is 46.4 Å². The van der Waals surface area contributed by atoms with Gasteiger partial charge in [0.15, 0.2) is 6.61 Å². The number of carbonyl (C=O) groups is 2. The number of amides is 2. The molecule has 0 radical (unpaired) electrons. The van der Waals surface area contributed by atoms with Crippen molar-refractivity contribution in [3.8, 4) is 5.75 Å². The minimum absolute atomic E-state index is 0.127. The average molecular weight is 554 g/mol. The SMILES string of the molecule is CCNC(=O)[C@@H](Cc1ccccc1)N(Cc1ccc(Cl)c(Cl)c1)C(=O)COc1ccc(Cl)cc1Cl. The highest BCUT2D eigenvalue weighted by Crippen LogP contribution is 2.28. The Hall–Kier alpha value is -2.44. The van der Waals surface area contributed by atoms with Gasteiger partial charge in [0.1, 0.15) is 11.8 Å². The van der Waals surface area contributed by atoms with E-state index < -0.39 is 11.9 Å². The summed E-state index contributed by atoms with van der Waals surface area (Å²) in [5, 5.41) is 4.34. The van der Waals surface area contributed by atoms with Gasteiger partial charge in [0.2, 0.25) is 5.91 Å². The minimum Gasteiger partial charge on any atom is -0.482 e. The fourth-order valence-corrected chi connectivity index (χ4v) is 4.28. The Morgan fingerprint density at radius 2 is 1.63 bits per heavy atom. The Bertz CT molecular complexity index is 1170. The summed E-state index contributed by atoms with van der Waals surface area (Å²) in [6, 6.07) is 18.6.